The minimum Gasteiger partial charge on any atom is -0.495 e. The molecule has 0 spiro atoms. The van der Waals surface area contributed by atoms with Gasteiger partial charge in [0.15, 0.2) is 0 Å². The van der Waals surface area contributed by atoms with Crippen LogP contribution in [-0.4, -0.2) is 41.0 Å². The number of nitrogens with zero attached hydrogens (tertiary/aromatic N) is 3. The number of anilines is 1. The van der Waals surface area contributed by atoms with Gasteiger partial charge in [0.2, 0.25) is 0 Å². The number of likely N-dealkylation sites (tertiary alicyclic amines) is 1. The lowest BCUT2D eigenvalue weighted by Crippen LogP contribution is -2.40. The zero-order chi connectivity index (χ0) is 24.0. The summed E-state index contributed by atoms with van der Waals surface area (Å²) >= 11 is 0. The Balaban J connectivity index is 1.29. The molecule has 1 saturated heterocycles. The highest BCUT2D eigenvalue weighted by molar-refractivity contribution is 5.95. The van der Waals surface area contributed by atoms with Crippen LogP contribution in [0.25, 0.3) is 10.9 Å². The number of ether oxygens (including phenoxy) is 1. The van der Waals surface area contributed by atoms with Gasteiger partial charge in [-0.05, 0) is 78.8 Å². The van der Waals surface area contributed by atoms with E-state index in [9.17, 15) is 4.79 Å². The lowest BCUT2D eigenvalue weighted by atomic mass is 9.89. The van der Waals surface area contributed by atoms with Crippen molar-refractivity contribution >= 4 is 22.5 Å². The van der Waals surface area contributed by atoms with Crippen LogP contribution in [0.4, 0.5) is 5.69 Å². The average molecular weight is 467 g/mol. The largest absolute Gasteiger partial charge is 0.495 e. The zero-order valence-electron chi connectivity index (χ0n) is 20.0. The highest BCUT2D eigenvalue weighted by Gasteiger charge is 2.25. The van der Waals surface area contributed by atoms with Gasteiger partial charge in [0.05, 0.1) is 18.3 Å². The second kappa shape index (κ2) is 10.6. The molecule has 1 fully saturated rings. The van der Waals surface area contributed by atoms with Crippen LogP contribution in [-0.2, 0) is 13.0 Å². The fourth-order valence-electron chi connectivity index (χ4n) is 4.93. The van der Waals surface area contributed by atoms with Crippen molar-refractivity contribution in [1.29, 1.82) is 0 Å². The van der Waals surface area contributed by atoms with Gasteiger partial charge in [-0.3, -0.25) is 14.8 Å². The van der Waals surface area contributed by atoms with Gasteiger partial charge >= 0.3 is 0 Å². The van der Waals surface area contributed by atoms with Gasteiger partial charge in [-0.2, -0.15) is 0 Å². The van der Waals surface area contributed by atoms with E-state index >= 15 is 0 Å². The first-order valence-electron chi connectivity index (χ1n) is 12.1. The van der Waals surface area contributed by atoms with E-state index in [0.29, 0.717) is 18.0 Å². The minimum atomic E-state index is 0.0731. The van der Waals surface area contributed by atoms with Crippen LogP contribution in [0.3, 0.4) is 0 Å². The maximum absolute atomic E-state index is 13.5. The molecule has 1 N–H and O–H groups in total. The molecule has 4 aromatic rings. The van der Waals surface area contributed by atoms with Crippen molar-refractivity contribution in [3.05, 3.63) is 95.9 Å². The van der Waals surface area contributed by atoms with Crippen molar-refractivity contribution in [3.63, 3.8) is 0 Å². The van der Waals surface area contributed by atoms with Crippen LogP contribution < -0.4 is 10.1 Å². The Morgan fingerprint density at radius 1 is 1.09 bits per heavy atom. The number of carbonyl (C=O) groups is 1. The highest BCUT2D eigenvalue weighted by Crippen LogP contribution is 2.29. The topological polar surface area (TPSA) is 67.3 Å². The lowest BCUT2D eigenvalue weighted by molar-refractivity contribution is 0.0673. The van der Waals surface area contributed by atoms with Crippen LogP contribution >= 0.6 is 0 Å². The monoisotopic (exact) mass is 466 g/mol. The molecule has 0 saturated carbocycles. The first-order valence-corrected chi connectivity index (χ1v) is 12.1. The number of hydrogen-bond donors (Lipinski definition) is 1. The van der Waals surface area contributed by atoms with Crippen molar-refractivity contribution < 1.29 is 9.53 Å². The number of aromatic nitrogens is 2. The maximum atomic E-state index is 13.5. The maximum Gasteiger partial charge on any atom is 0.253 e. The molecule has 0 unspecified atom stereocenters. The predicted molar refractivity (Wildman–Crippen MR) is 139 cm³/mol. The number of piperidine rings is 1. The van der Waals surface area contributed by atoms with E-state index in [1.54, 1.807) is 19.5 Å². The molecule has 178 valence electrons. The van der Waals surface area contributed by atoms with E-state index in [-0.39, 0.29) is 5.91 Å². The summed E-state index contributed by atoms with van der Waals surface area (Å²) in [5, 5.41) is 4.61. The third kappa shape index (κ3) is 5.27. The highest BCUT2D eigenvalue weighted by atomic mass is 16.5. The van der Waals surface area contributed by atoms with E-state index in [1.807, 2.05) is 47.5 Å². The smallest absolute Gasteiger partial charge is 0.253 e. The molecule has 2 aromatic carbocycles. The molecule has 6 heteroatoms. The van der Waals surface area contributed by atoms with Gasteiger partial charge in [-0.15, -0.1) is 0 Å². The molecular weight excluding hydrogens is 436 g/mol. The standard InChI is InChI=1S/C29H30N4O2/c1-35-28-10-9-24(18-27(28)32-19-21-11-14-30-15-12-21)29(34)33-16-4-5-22(20-33)17-23-6-2-8-26-25(23)7-3-13-31-26/h2-3,6-15,18,22,32H,4-5,16-17,19-20H2,1H3/t22-/m0/s1. The number of rotatable bonds is 7. The summed E-state index contributed by atoms with van der Waals surface area (Å²) in [6, 6.07) is 20.0. The van der Waals surface area contributed by atoms with Gasteiger partial charge in [0.1, 0.15) is 5.75 Å². The SMILES string of the molecule is COc1ccc(C(=O)N2CCC[C@@H](Cc3cccc4ncccc34)C2)cc1NCc1ccncc1. The van der Waals surface area contributed by atoms with Gasteiger partial charge in [0, 0.05) is 49.2 Å². The summed E-state index contributed by atoms with van der Waals surface area (Å²) in [5.41, 5.74) is 4.94. The fraction of sp³-hybridized carbons (Fsp3) is 0.276. The summed E-state index contributed by atoms with van der Waals surface area (Å²) < 4.78 is 5.53. The fourth-order valence-corrected chi connectivity index (χ4v) is 4.93. The first kappa shape index (κ1) is 22.8. The summed E-state index contributed by atoms with van der Waals surface area (Å²) in [7, 11) is 1.65. The van der Waals surface area contributed by atoms with Crippen LogP contribution in [0.5, 0.6) is 5.75 Å². The summed E-state index contributed by atoms with van der Waals surface area (Å²) in [6.45, 7) is 2.18. The zero-order valence-corrected chi connectivity index (χ0v) is 20.0. The summed E-state index contributed by atoms with van der Waals surface area (Å²) in [4.78, 5) is 24.0. The molecule has 6 nitrogen and oxygen atoms in total. The number of fused-ring (bicyclic) bond motifs is 1. The van der Waals surface area contributed by atoms with Crippen LogP contribution in [0.15, 0.2) is 79.3 Å². The average Bonchev–Trinajstić information content (AvgIpc) is 2.92. The van der Waals surface area contributed by atoms with Crippen LogP contribution in [0, 0.1) is 5.92 Å². The van der Waals surface area contributed by atoms with Crippen molar-refractivity contribution in [3.8, 4) is 5.75 Å². The third-order valence-corrected chi connectivity index (χ3v) is 6.73. The molecule has 5 rings (SSSR count). The Labute approximate surface area is 206 Å². The van der Waals surface area contributed by atoms with E-state index in [0.717, 1.165) is 54.9 Å². The van der Waals surface area contributed by atoms with Crippen molar-refractivity contribution in [2.45, 2.75) is 25.8 Å². The summed E-state index contributed by atoms with van der Waals surface area (Å²) in [5.74, 6) is 1.22. The first-order chi connectivity index (χ1) is 17.2. The number of carbonyl (C=O) groups excluding carboxylic acids is 1. The Bertz CT molecular complexity index is 1300. The number of benzene rings is 2. The van der Waals surface area contributed by atoms with Gasteiger partial charge < -0.3 is 15.0 Å². The molecule has 0 aliphatic carbocycles. The number of hydrogen-bond acceptors (Lipinski definition) is 5. The van der Waals surface area contributed by atoms with Crippen molar-refractivity contribution in [1.82, 2.24) is 14.9 Å². The Morgan fingerprint density at radius 2 is 1.97 bits per heavy atom. The second-order valence-electron chi connectivity index (χ2n) is 9.07. The Hall–Kier alpha value is -3.93. The number of amides is 1. The van der Waals surface area contributed by atoms with Crippen molar-refractivity contribution in [2.75, 3.05) is 25.5 Å². The minimum absolute atomic E-state index is 0.0731. The second-order valence-corrected chi connectivity index (χ2v) is 9.07. The molecule has 1 atom stereocenters. The van der Waals surface area contributed by atoms with Crippen LogP contribution in [0.2, 0.25) is 0 Å². The van der Waals surface area contributed by atoms with Gasteiger partial charge in [0.25, 0.3) is 5.91 Å². The van der Waals surface area contributed by atoms with E-state index < -0.39 is 0 Å². The van der Waals surface area contributed by atoms with E-state index in [4.69, 9.17) is 4.74 Å². The molecule has 35 heavy (non-hydrogen) atoms. The lowest BCUT2D eigenvalue weighted by Gasteiger charge is -2.33. The molecule has 2 aromatic heterocycles. The van der Waals surface area contributed by atoms with Gasteiger partial charge in [-0.25, -0.2) is 0 Å². The normalized spacial score (nSPS) is 15.7. The van der Waals surface area contributed by atoms with Crippen LogP contribution in [0.1, 0.15) is 34.3 Å². The quantitative estimate of drug-likeness (QED) is 0.398. The number of pyridine rings is 2. The summed E-state index contributed by atoms with van der Waals surface area (Å²) in [6.07, 6.45) is 8.48. The van der Waals surface area contributed by atoms with E-state index in [1.165, 1.54) is 10.9 Å². The molecule has 1 amide bonds. The molecular formula is C29H30N4O2. The van der Waals surface area contributed by atoms with Gasteiger partial charge in [-0.1, -0.05) is 18.2 Å². The number of methoxy groups -OCH3 is 1. The molecule has 1 aliphatic heterocycles. The van der Waals surface area contributed by atoms with E-state index in [2.05, 4.69) is 39.6 Å². The van der Waals surface area contributed by atoms with Crippen molar-refractivity contribution in [2.24, 2.45) is 5.92 Å². The molecule has 0 radical (unpaired) electrons. The number of nitrogens with one attached hydrogen (secondary N) is 1. The third-order valence-electron chi connectivity index (χ3n) is 6.73. The molecule has 1 aliphatic rings. The molecule has 0 bridgehead atoms. The predicted octanol–water partition coefficient (Wildman–Crippen LogP) is 5.35. The molecule has 3 heterocycles. The Kier molecular flexibility index (Phi) is 6.89. The Morgan fingerprint density at radius 3 is 2.83 bits per heavy atom.